The van der Waals surface area contributed by atoms with E-state index in [0.717, 1.165) is 18.1 Å². The fourth-order valence-electron chi connectivity index (χ4n) is 4.43. The minimum atomic E-state index is -0.723. The van der Waals surface area contributed by atoms with E-state index in [4.69, 9.17) is 9.47 Å². The number of hydrogen-bond acceptors (Lipinski definition) is 7. The predicted octanol–water partition coefficient (Wildman–Crippen LogP) is 6.20. The molecule has 40 heavy (non-hydrogen) atoms. The van der Waals surface area contributed by atoms with Gasteiger partial charge in [-0.1, -0.05) is 58.9 Å². The summed E-state index contributed by atoms with van der Waals surface area (Å²) in [6.45, 7) is 9.92. The Hall–Kier alpha value is -4.60. The van der Waals surface area contributed by atoms with Gasteiger partial charge in [-0.15, -0.1) is 0 Å². The van der Waals surface area contributed by atoms with Crippen LogP contribution < -0.4 is 14.9 Å². The highest BCUT2D eigenvalue weighted by atomic mass is 19.1. The molecule has 0 aromatic heterocycles. The number of halogens is 1. The number of amides is 1. The number of carbonyl (C=O) groups excluding carboxylic acids is 2. The molecule has 0 saturated carbocycles. The van der Waals surface area contributed by atoms with Crippen molar-refractivity contribution in [3.05, 3.63) is 99.4 Å². The quantitative estimate of drug-likeness (QED) is 0.106. The summed E-state index contributed by atoms with van der Waals surface area (Å²) in [5, 5.41) is 15.6. The largest absolute Gasteiger partial charge is 0.477 e. The summed E-state index contributed by atoms with van der Waals surface area (Å²) in [7, 11) is 0. The zero-order chi connectivity index (χ0) is 29.5. The maximum Gasteiger partial charge on any atom is 0.343 e. The van der Waals surface area contributed by atoms with E-state index in [1.807, 2.05) is 13.8 Å². The lowest BCUT2D eigenvalue weighted by Gasteiger charge is -2.33. The van der Waals surface area contributed by atoms with Crippen molar-refractivity contribution in [1.82, 2.24) is 5.43 Å². The van der Waals surface area contributed by atoms with Gasteiger partial charge in [-0.3, -0.25) is 14.9 Å². The number of nitrogens with one attached hydrogen (secondary N) is 1. The monoisotopic (exact) mass is 549 g/mol. The van der Waals surface area contributed by atoms with Gasteiger partial charge >= 0.3 is 11.7 Å². The lowest BCUT2D eigenvalue weighted by Crippen LogP contribution is -2.26. The third-order valence-corrected chi connectivity index (χ3v) is 5.80. The van der Waals surface area contributed by atoms with Gasteiger partial charge < -0.3 is 9.47 Å². The molecule has 0 fully saturated rings. The Morgan fingerprint density at radius 1 is 1.02 bits per heavy atom. The average molecular weight is 550 g/mol. The van der Waals surface area contributed by atoms with Crippen LogP contribution in [0.1, 0.15) is 62.5 Å². The van der Waals surface area contributed by atoms with Crippen LogP contribution in [0.15, 0.2) is 71.8 Å². The van der Waals surface area contributed by atoms with Crippen molar-refractivity contribution in [3.8, 4) is 11.5 Å². The molecule has 0 radical (unpaired) electrons. The van der Waals surface area contributed by atoms with E-state index >= 15 is 0 Å². The van der Waals surface area contributed by atoms with Crippen LogP contribution in [0.5, 0.6) is 11.5 Å². The smallest absolute Gasteiger partial charge is 0.343 e. The number of esters is 1. The zero-order valence-electron chi connectivity index (χ0n) is 23.1. The minimum Gasteiger partial charge on any atom is -0.477 e. The molecule has 0 aliphatic carbocycles. The number of carbonyl (C=O) groups is 2. The number of hydrogen-bond donors (Lipinski definition) is 1. The number of nitro benzene ring substituents is 1. The van der Waals surface area contributed by atoms with Crippen molar-refractivity contribution in [2.75, 3.05) is 6.61 Å². The van der Waals surface area contributed by atoms with Crippen LogP contribution in [-0.4, -0.2) is 29.6 Å². The van der Waals surface area contributed by atoms with Crippen LogP contribution in [0.2, 0.25) is 0 Å². The van der Waals surface area contributed by atoms with Gasteiger partial charge in [0.25, 0.3) is 5.91 Å². The maximum absolute atomic E-state index is 13.4. The maximum atomic E-state index is 13.4. The molecule has 0 aliphatic rings. The summed E-state index contributed by atoms with van der Waals surface area (Å²) in [4.78, 5) is 35.6. The number of nitrogens with zero attached hydrogens (tertiary/aromatic N) is 2. The average Bonchev–Trinajstić information content (AvgIpc) is 2.86. The molecule has 1 amide bonds. The molecule has 9 nitrogen and oxygen atoms in total. The van der Waals surface area contributed by atoms with E-state index in [-0.39, 0.29) is 33.6 Å². The Kier molecular flexibility index (Phi) is 9.36. The first-order chi connectivity index (χ1) is 18.7. The van der Waals surface area contributed by atoms with Gasteiger partial charge in [-0.25, -0.2) is 14.6 Å². The van der Waals surface area contributed by atoms with Crippen molar-refractivity contribution < 1.29 is 28.4 Å². The summed E-state index contributed by atoms with van der Waals surface area (Å²) >= 11 is 0. The molecule has 0 spiro atoms. The second-order valence-corrected chi connectivity index (χ2v) is 11.1. The van der Waals surface area contributed by atoms with Crippen molar-refractivity contribution in [1.29, 1.82) is 0 Å². The Morgan fingerprint density at radius 3 is 2.42 bits per heavy atom. The van der Waals surface area contributed by atoms with Gasteiger partial charge in [0.15, 0.2) is 12.4 Å². The Labute approximate surface area is 232 Å². The number of hydrazone groups is 1. The highest BCUT2D eigenvalue weighted by Crippen LogP contribution is 2.39. The Balaban J connectivity index is 1.59. The third kappa shape index (κ3) is 8.72. The normalized spacial score (nSPS) is 11.8. The van der Waals surface area contributed by atoms with E-state index in [2.05, 4.69) is 31.3 Å². The van der Waals surface area contributed by atoms with Gasteiger partial charge in [0.2, 0.25) is 0 Å². The standard InChI is InChI=1S/C30H32FN3O6/c1-29(2,3)19-30(4,5)22-12-13-26(25(16-22)34(37)38)39-18-27(35)33-32-17-20-8-6-11-24(14-20)40-28(36)21-9-7-10-23(31)15-21/h6-17H,18-19H2,1-5H3,(H,33,35). The van der Waals surface area contributed by atoms with Crippen LogP contribution in [0.4, 0.5) is 10.1 Å². The first-order valence-electron chi connectivity index (χ1n) is 12.5. The van der Waals surface area contributed by atoms with Gasteiger partial charge in [0.1, 0.15) is 11.6 Å². The molecule has 0 unspecified atom stereocenters. The number of benzene rings is 3. The van der Waals surface area contributed by atoms with Gasteiger partial charge in [-0.2, -0.15) is 5.10 Å². The van der Waals surface area contributed by atoms with E-state index in [0.29, 0.717) is 5.56 Å². The molecule has 0 bridgehead atoms. The first kappa shape index (κ1) is 29.9. The molecule has 3 aromatic rings. The highest BCUT2D eigenvalue weighted by Gasteiger charge is 2.30. The van der Waals surface area contributed by atoms with E-state index in [1.165, 1.54) is 42.6 Å². The third-order valence-electron chi connectivity index (χ3n) is 5.80. The summed E-state index contributed by atoms with van der Waals surface area (Å²) in [5.74, 6) is -1.72. The second-order valence-electron chi connectivity index (χ2n) is 11.1. The Bertz CT molecular complexity index is 1430. The first-order valence-corrected chi connectivity index (χ1v) is 12.5. The zero-order valence-corrected chi connectivity index (χ0v) is 23.1. The number of rotatable bonds is 10. The van der Waals surface area contributed by atoms with Crippen molar-refractivity contribution >= 4 is 23.8 Å². The summed E-state index contributed by atoms with van der Waals surface area (Å²) < 4.78 is 24.0. The van der Waals surface area contributed by atoms with E-state index in [1.54, 1.807) is 24.3 Å². The molecular formula is C30H32FN3O6. The molecule has 0 atom stereocenters. The van der Waals surface area contributed by atoms with Gasteiger partial charge in [-0.05, 0) is 64.8 Å². The number of nitro groups is 1. The van der Waals surface area contributed by atoms with E-state index in [9.17, 15) is 24.1 Å². The van der Waals surface area contributed by atoms with Crippen LogP contribution in [0.3, 0.4) is 0 Å². The van der Waals surface area contributed by atoms with Crippen LogP contribution in [-0.2, 0) is 10.2 Å². The fraction of sp³-hybridized carbons (Fsp3) is 0.300. The lowest BCUT2D eigenvalue weighted by molar-refractivity contribution is -0.385. The minimum absolute atomic E-state index is 0.0211. The molecule has 0 aliphatic heterocycles. The lowest BCUT2D eigenvalue weighted by atomic mass is 9.72. The summed E-state index contributed by atoms with van der Waals surface area (Å²) in [6, 6.07) is 16.2. The topological polar surface area (TPSA) is 120 Å². The molecule has 0 heterocycles. The van der Waals surface area contributed by atoms with Gasteiger partial charge in [0, 0.05) is 6.07 Å². The molecule has 3 aromatic carbocycles. The van der Waals surface area contributed by atoms with Crippen LogP contribution in [0.25, 0.3) is 0 Å². The predicted molar refractivity (Wildman–Crippen MR) is 149 cm³/mol. The molecule has 0 saturated heterocycles. The molecular weight excluding hydrogens is 517 g/mol. The van der Waals surface area contributed by atoms with Crippen LogP contribution >= 0.6 is 0 Å². The van der Waals surface area contributed by atoms with Crippen molar-refractivity contribution in [2.45, 2.75) is 46.5 Å². The fourth-order valence-corrected chi connectivity index (χ4v) is 4.43. The van der Waals surface area contributed by atoms with E-state index < -0.39 is 29.2 Å². The SMILES string of the molecule is CC(C)(C)CC(C)(C)c1ccc(OCC(=O)NN=Cc2cccc(OC(=O)c3cccc(F)c3)c2)c([N+](=O)[O-])c1. The Morgan fingerprint density at radius 2 is 1.75 bits per heavy atom. The van der Waals surface area contributed by atoms with Crippen LogP contribution in [0, 0.1) is 21.3 Å². The highest BCUT2D eigenvalue weighted by molar-refractivity contribution is 5.91. The molecule has 210 valence electrons. The van der Waals surface area contributed by atoms with Crippen molar-refractivity contribution in [2.24, 2.45) is 10.5 Å². The molecule has 3 rings (SSSR count). The van der Waals surface area contributed by atoms with Gasteiger partial charge in [0.05, 0.1) is 16.7 Å². The second kappa shape index (κ2) is 12.5. The van der Waals surface area contributed by atoms with Crippen molar-refractivity contribution in [3.63, 3.8) is 0 Å². The molecule has 1 N–H and O–H groups in total. The number of ether oxygens (including phenoxy) is 2. The molecule has 10 heteroatoms. The summed E-state index contributed by atoms with van der Waals surface area (Å²) in [6.07, 6.45) is 2.14. The summed E-state index contributed by atoms with van der Waals surface area (Å²) in [5.41, 5.74) is 3.17.